The Morgan fingerprint density at radius 2 is 1.73 bits per heavy atom. The van der Waals surface area contributed by atoms with Crippen molar-refractivity contribution in [3.05, 3.63) is 65.7 Å². The number of hydrogen-bond donors (Lipinski definition) is 1. The van der Waals surface area contributed by atoms with Gasteiger partial charge in [0.25, 0.3) is 11.8 Å². The van der Waals surface area contributed by atoms with Crippen molar-refractivity contribution in [2.75, 3.05) is 13.1 Å². The number of ether oxygens (including phenoxy) is 1. The molecule has 1 saturated heterocycles. The Bertz CT molecular complexity index is 752. The molecule has 5 nitrogen and oxygen atoms in total. The molecule has 22 heavy (non-hydrogen) atoms. The van der Waals surface area contributed by atoms with Gasteiger partial charge >= 0.3 is 0 Å². The third kappa shape index (κ3) is 1.94. The van der Waals surface area contributed by atoms with E-state index in [0.29, 0.717) is 30.0 Å². The molecule has 0 saturated carbocycles. The standard InChI is InChI=1S/C17H14N2O3/c20-15-13-8-4-5-9-14(13)22-17(18-15)10-19(11-17)16(21)12-6-2-1-3-7-12/h1-9H,10-11H2,(H,18,20). The predicted octanol–water partition coefficient (Wildman–Crippen LogP) is 1.66. The molecule has 1 spiro atoms. The predicted molar refractivity (Wildman–Crippen MR) is 79.6 cm³/mol. The molecule has 2 heterocycles. The summed E-state index contributed by atoms with van der Waals surface area (Å²) in [5.74, 6) is 0.356. The van der Waals surface area contributed by atoms with Gasteiger partial charge in [-0.2, -0.15) is 0 Å². The summed E-state index contributed by atoms with van der Waals surface area (Å²) < 4.78 is 5.92. The lowest BCUT2D eigenvalue weighted by atomic mass is 9.98. The van der Waals surface area contributed by atoms with Crippen LogP contribution in [0.3, 0.4) is 0 Å². The first-order chi connectivity index (χ1) is 10.7. The van der Waals surface area contributed by atoms with Crippen LogP contribution in [0.15, 0.2) is 54.6 Å². The number of nitrogens with zero attached hydrogens (tertiary/aromatic N) is 1. The molecule has 4 rings (SSSR count). The number of fused-ring (bicyclic) bond motifs is 1. The smallest absolute Gasteiger partial charge is 0.258 e. The molecule has 110 valence electrons. The normalized spacial score (nSPS) is 18.0. The largest absolute Gasteiger partial charge is 0.463 e. The van der Waals surface area contributed by atoms with E-state index in [1.54, 1.807) is 35.2 Å². The van der Waals surface area contributed by atoms with Crippen LogP contribution in [0.25, 0.3) is 0 Å². The van der Waals surface area contributed by atoms with E-state index in [0.717, 1.165) is 0 Å². The van der Waals surface area contributed by atoms with Crippen molar-refractivity contribution >= 4 is 11.8 Å². The van der Waals surface area contributed by atoms with Gasteiger partial charge in [0.15, 0.2) is 0 Å². The van der Waals surface area contributed by atoms with Gasteiger partial charge in [-0.1, -0.05) is 30.3 Å². The number of amides is 2. The van der Waals surface area contributed by atoms with E-state index >= 15 is 0 Å². The summed E-state index contributed by atoms with van der Waals surface area (Å²) >= 11 is 0. The van der Waals surface area contributed by atoms with Crippen LogP contribution < -0.4 is 10.1 Å². The first-order valence-corrected chi connectivity index (χ1v) is 7.12. The molecule has 0 radical (unpaired) electrons. The molecule has 0 aromatic heterocycles. The molecular weight excluding hydrogens is 280 g/mol. The summed E-state index contributed by atoms with van der Waals surface area (Å²) in [5, 5.41) is 2.87. The molecule has 0 bridgehead atoms. The van der Waals surface area contributed by atoms with Gasteiger partial charge in [-0.05, 0) is 24.3 Å². The number of rotatable bonds is 1. The van der Waals surface area contributed by atoms with E-state index in [4.69, 9.17) is 4.74 Å². The highest BCUT2D eigenvalue weighted by molar-refractivity contribution is 5.99. The molecule has 5 heteroatoms. The Morgan fingerprint density at radius 3 is 2.50 bits per heavy atom. The highest BCUT2D eigenvalue weighted by Crippen LogP contribution is 2.33. The number of carbonyl (C=O) groups is 2. The number of nitrogens with one attached hydrogen (secondary N) is 1. The average molecular weight is 294 g/mol. The van der Waals surface area contributed by atoms with Gasteiger partial charge in [0.05, 0.1) is 18.7 Å². The lowest BCUT2D eigenvalue weighted by molar-refractivity contribution is -0.0829. The monoisotopic (exact) mass is 294 g/mol. The van der Waals surface area contributed by atoms with Crippen LogP contribution in [0.4, 0.5) is 0 Å². The molecule has 0 unspecified atom stereocenters. The minimum absolute atomic E-state index is 0.0528. The minimum Gasteiger partial charge on any atom is -0.463 e. The van der Waals surface area contributed by atoms with E-state index < -0.39 is 5.72 Å². The Balaban J connectivity index is 1.52. The summed E-state index contributed by atoms with van der Waals surface area (Å²) in [6.45, 7) is 0.696. The zero-order valence-electron chi connectivity index (χ0n) is 11.8. The Hall–Kier alpha value is -2.82. The molecular formula is C17H14N2O3. The van der Waals surface area contributed by atoms with E-state index in [-0.39, 0.29) is 11.8 Å². The fourth-order valence-electron chi connectivity index (χ4n) is 2.87. The van der Waals surface area contributed by atoms with Crippen molar-refractivity contribution < 1.29 is 14.3 Å². The van der Waals surface area contributed by atoms with Crippen molar-refractivity contribution in [3.8, 4) is 5.75 Å². The van der Waals surface area contributed by atoms with Gasteiger partial charge in [0.2, 0.25) is 5.72 Å². The van der Waals surface area contributed by atoms with Gasteiger partial charge in [-0.3, -0.25) is 9.59 Å². The van der Waals surface area contributed by atoms with Crippen LogP contribution in [0.1, 0.15) is 20.7 Å². The quantitative estimate of drug-likeness (QED) is 0.870. The number of para-hydroxylation sites is 1. The molecule has 2 aromatic rings. The fraction of sp³-hybridized carbons (Fsp3) is 0.176. The maximum absolute atomic E-state index is 12.3. The SMILES string of the molecule is O=C1NC2(CN(C(=O)c3ccccc3)C2)Oc2ccccc21. The second-order valence-electron chi connectivity index (χ2n) is 5.57. The average Bonchev–Trinajstić information content (AvgIpc) is 2.52. The summed E-state index contributed by atoms with van der Waals surface area (Å²) in [5.41, 5.74) is 0.372. The topological polar surface area (TPSA) is 58.6 Å². The minimum atomic E-state index is -0.796. The summed E-state index contributed by atoms with van der Waals surface area (Å²) in [6.07, 6.45) is 0. The number of carbonyl (C=O) groups excluding carboxylic acids is 2. The molecule has 1 N–H and O–H groups in total. The third-order valence-electron chi connectivity index (χ3n) is 3.98. The van der Waals surface area contributed by atoms with Crippen molar-refractivity contribution in [3.63, 3.8) is 0 Å². The van der Waals surface area contributed by atoms with Gasteiger partial charge < -0.3 is 15.0 Å². The number of benzene rings is 2. The van der Waals surface area contributed by atoms with Crippen LogP contribution in [0, 0.1) is 0 Å². The first-order valence-electron chi connectivity index (χ1n) is 7.12. The van der Waals surface area contributed by atoms with E-state index in [1.165, 1.54) is 0 Å². The van der Waals surface area contributed by atoms with Crippen LogP contribution in [0.5, 0.6) is 5.75 Å². The molecule has 0 aliphatic carbocycles. The van der Waals surface area contributed by atoms with Crippen LogP contribution >= 0.6 is 0 Å². The van der Waals surface area contributed by atoms with E-state index in [2.05, 4.69) is 5.32 Å². The van der Waals surface area contributed by atoms with Gasteiger partial charge in [0.1, 0.15) is 5.75 Å². The van der Waals surface area contributed by atoms with Crippen molar-refractivity contribution in [2.45, 2.75) is 5.72 Å². The lowest BCUT2D eigenvalue weighted by Gasteiger charge is -2.51. The van der Waals surface area contributed by atoms with Crippen LogP contribution in [0.2, 0.25) is 0 Å². The van der Waals surface area contributed by atoms with Gasteiger partial charge in [-0.15, -0.1) is 0 Å². The highest BCUT2D eigenvalue weighted by atomic mass is 16.5. The third-order valence-corrected chi connectivity index (χ3v) is 3.98. The first kappa shape index (κ1) is 12.9. The zero-order valence-corrected chi connectivity index (χ0v) is 11.8. The molecule has 2 aliphatic rings. The second-order valence-corrected chi connectivity index (χ2v) is 5.57. The molecule has 0 atom stereocenters. The van der Waals surface area contributed by atoms with Crippen molar-refractivity contribution in [2.24, 2.45) is 0 Å². The second kappa shape index (κ2) is 4.59. The number of likely N-dealkylation sites (tertiary alicyclic amines) is 1. The maximum atomic E-state index is 12.3. The Labute approximate surface area is 127 Å². The summed E-state index contributed by atoms with van der Waals surface area (Å²) in [4.78, 5) is 26.2. The van der Waals surface area contributed by atoms with Crippen LogP contribution in [-0.4, -0.2) is 35.5 Å². The summed E-state index contributed by atoms with van der Waals surface area (Å²) in [6, 6.07) is 16.2. The fourth-order valence-corrected chi connectivity index (χ4v) is 2.87. The van der Waals surface area contributed by atoms with Crippen molar-refractivity contribution in [1.29, 1.82) is 0 Å². The zero-order chi connectivity index (χ0) is 15.2. The molecule has 1 fully saturated rings. The molecule has 2 aliphatic heterocycles. The highest BCUT2D eigenvalue weighted by Gasteiger charge is 2.51. The van der Waals surface area contributed by atoms with E-state index in [9.17, 15) is 9.59 Å². The summed E-state index contributed by atoms with van der Waals surface area (Å²) in [7, 11) is 0. The van der Waals surface area contributed by atoms with E-state index in [1.807, 2.05) is 24.3 Å². The molecule has 2 aromatic carbocycles. The number of hydrogen-bond acceptors (Lipinski definition) is 3. The molecule has 2 amide bonds. The maximum Gasteiger partial charge on any atom is 0.258 e. The van der Waals surface area contributed by atoms with Gasteiger partial charge in [-0.25, -0.2) is 0 Å². The van der Waals surface area contributed by atoms with Crippen molar-refractivity contribution in [1.82, 2.24) is 10.2 Å². The lowest BCUT2D eigenvalue weighted by Crippen LogP contribution is -2.75. The van der Waals surface area contributed by atoms with Gasteiger partial charge in [0, 0.05) is 5.56 Å². The Morgan fingerprint density at radius 1 is 1.05 bits per heavy atom. The van der Waals surface area contributed by atoms with Crippen LogP contribution in [-0.2, 0) is 0 Å². The Kier molecular flexibility index (Phi) is 2.69.